The summed E-state index contributed by atoms with van der Waals surface area (Å²) in [6.07, 6.45) is 3.71. The van der Waals surface area contributed by atoms with Crippen molar-refractivity contribution in [2.75, 3.05) is 13.2 Å². The maximum absolute atomic E-state index is 10.2. The second kappa shape index (κ2) is 3.95. The fourth-order valence-corrected chi connectivity index (χ4v) is 1.78. The average Bonchev–Trinajstić information content (AvgIpc) is 2.50. The Morgan fingerprint density at radius 1 is 1.62 bits per heavy atom. The molecule has 1 fully saturated rings. The third kappa shape index (κ3) is 2.22. The number of aliphatic hydroxyl groups is 1. The van der Waals surface area contributed by atoms with Gasteiger partial charge in [-0.2, -0.15) is 0 Å². The molecule has 1 heterocycles. The highest BCUT2D eigenvalue weighted by Gasteiger charge is 2.46. The summed E-state index contributed by atoms with van der Waals surface area (Å²) in [6, 6.07) is 0. The van der Waals surface area contributed by atoms with Crippen molar-refractivity contribution in [3.05, 3.63) is 0 Å². The number of unbranched alkanes of at least 4 members (excludes halogenated alkanes) is 1. The Morgan fingerprint density at radius 3 is 2.77 bits per heavy atom. The van der Waals surface area contributed by atoms with Crippen LogP contribution >= 0.6 is 0 Å². The van der Waals surface area contributed by atoms with Crippen LogP contribution in [0.25, 0.3) is 0 Å². The molecule has 0 aromatic carbocycles. The minimum absolute atomic E-state index is 0.393. The average molecular weight is 187 g/mol. The van der Waals surface area contributed by atoms with Gasteiger partial charge in [0.1, 0.15) is 5.60 Å². The van der Waals surface area contributed by atoms with Gasteiger partial charge in [-0.15, -0.1) is 0 Å². The lowest BCUT2D eigenvalue weighted by Gasteiger charge is -2.38. The number of ether oxygens (including phenoxy) is 1. The Hall–Kier alpha value is -0.120. The summed E-state index contributed by atoms with van der Waals surface area (Å²) in [4.78, 5) is 0. The highest BCUT2D eigenvalue weighted by Crippen LogP contribution is 2.32. The van der Waals surface area contributed by atoms with Gasteiger partial charge in [0.25, 0.3) is 0 Å². The van der Waals surface area contributed by atoms with Gasteiger partial charge in [-0.1, -0.05) is 19.8 Å². The highest BCUT2D eigenvalue weighted by molar-refractivity contribution is 5.02. The molecular weight excluding hydrogens is 166 g/mol. The van der Waals surface area contributed by atoms with E-state index in [9.17, 15) is 5.11 Å². The van der Waals surface area contributed by atoms with Crippen molar-refractivity contribution in [1.29, 1.82) is 0 Å². The van der Waals surface area contributed by atoms with E-state index < -0.39 is 11.1 Å². The molecule has 0 radical (unpaired) electrons. The Balaban J connectivity index is 2.55. The minimum atomic E-state index is -0.803. The van der Waals surface area contributed by atoms with E-state index in [-0.39, 0.29) is 0 Å². The summed E-state index contributed by atoms with van der Waals surface area (Å²) in [5.74, 6) is 0. The summed E-state index contributed by atoms with van der Waals surface area (Å²) < 4.78 is 5.20. The van der Waals surface area contributed by atoms with Crippen molar-refractivity contribution in [2.45, 2.75) is 50.7 Å². The summed E-state index contributed by atoms with van der Waals surface area (Å²) in [7, 11) is 0. The Labute approximate surface area is 80.3 Å². The standard InChI is InChI=1S/C10H21NO2/c1-3-4-5-9(2,11)10(12)6-7-13-8-10/h12H,3-8,11H2,1-2H3. The van der Waals surface area contributed by atoms with Crippen LogP contribution in [0.15, 0.2) is 0 Å². The third-order valence-electron chi connectivity index (χ3n) is 3.11. The van der Waals surface area contributed by atoms with Crippen LogP contribution in [-0.2, 0) is 4.74 Å². The zero-order valence-electron chi connectivity index (χ0n) is 8.68. The van der Waals surface area contributed by atoms with Crippen LogP contribution in [-0.4, -0.2) is 29.5 Å². The molecule has 78 valence electrons. The van der Waals surface area contributed by atoms with Gasteiger partial charge in [-0.05, 0) is 13.3 Å². The molecule has 2 atom stereocenters. The van der Waals surface area contributed by atoms with Gasteiger partial charge in [0, 0.05) is 18.6 Å². The molecule has 0 saturated carbocycles. The van der Waals surface area contributed by atoms with Gasteiger partial charge in [-0.25, -0.2) is 0 Å². The Bertz CT molecular complexity index is 162. The molecule has 1 aliphatic rings. The molecule has 0 spiro atoms. The zero-order valence-corrected chi connectivity index (χ0v) is 8.68. The van der Waals surface area contributed by atoms with Crippen LogP contribution < -0.4 is 5.73 Å². The van der Waals surface area contributed by atoms with Gasteiger partial charge in [-0.3, -0.25) is 0 Å². The Morgan fingerprint density at radius 2 is 2.31 bits per heavy atom. The summed E-state index contributed by atoms with van der Waals surface area (Å²) >= 11 is 0. The lowest BCUT2D eigenvalue weighted by Crippen LogP contribution is -2.59. The van der Waals surface area contributed by atoms with Crippen LogP contribution in [0.2, 0.25) is 0 Å². The van der Waals surface area contributed by atoms with E-state index in [1.807, 2.05) is 6.92 Å². The summed E-state index contributed by atoms with van der Waals surface area (Å²) in [5.41, 5.74) is 4.81. The molecule has 3 heteroatoms. The molecule has 1 rings (SSSR count). The SMILES string of the molecule is CCCCC(C)(N)C1(O)CCOC1. The molecule has 3 N–H and O–H groups in total. The summed E-state index contributed by atoms with van der Waals surface area (Å²) in [5, 5.41) is 10.2. The van der Waals surface area contributed by atoms with Crippen LogP contribution in [0.5, 0.6) is 0 Å². The second-order valence-corrected chi connectivity index (χ2v) is 4.36. The van der Waals surface area contributed by atoms with E-state index in [0.29, 0.717) is 19.6 Å². The van der Waals surface area contributed by atoms with Crippen molar-refractivity contribution in [1.82, 2.24) is 0 Å². The van der Waals surface area contributed by atoms with Gasteiger partial charge >= 0.3 is 0 Å². The van der Waals surface area contributed by atoms with E-state index in [1.54, 1.807) is 0 Å². The molecule has 2 unspecified atom stereocenters. The zero-order chi connectivity index (χ0) is 9.95. The first-order valence-corrected chi connectivity index (χ1v) is 5.11. The first kappa shape index (κ1) is 11.0. The topological polar surface area (TPSA) is 55.5 Å². The molecule has 1 saturated heterocycles. The lowest BCUT2D eigenvalue weighted by molar-refractivity contribution is -0.0379. The molecule has 0 aliphatic carbocycles. The van der Waals surface area contributed by atoms with E-state index in [0.717, 1.165) is 19.3 Å². The normalized spacial score (nSPS) is 33.2. The first-order valence-electron chi connectivity index (χ1n) is 5.11. The highest BCUT2D eigenvalue weighted by atomic mass is 16.5. The maximum atomic E-state index is 10.2. The molecule has 0 aromatic rings. The minimum Gasteiger partial charge on any atom is -0.385 e. The van der Waals surface area contributed by atoms with E-state index >= 15 is 0 Å². The molecule has 1 aliphatic heterocycles. The third-order valence-corrected chi connectivity index (χ3v) is 3.11. The summed E-state index contributed by atoms with van der Waals surface area (Å²) in [6.45, 7) is 5.09. The fraction of sp³-hybridized carbons (Fsp3) is 1.00. The van der Waals surface area contributed by atoms with Crippen molar-refractivity contribution >= 4 is 0 Å². The van der Waals surface area contributed by atoms with Crippen molar-refractivity contribution < 1.29 is 9.84 Å². The molecule has 0 amide bonds. The number of hydrogen-bond acceptors (Lipinski definition) is 3. The largest absolute Gasteiger partial charge is 0.385 e. The fourth-order valence-electron chi connectivity index (χ4n) is 1.78. The number of hydrogen-bond donors (Lipinski definition) is 2. The van der Waals surface area contributed by atoms with Crippen LogP contribution in [0.3, 0.4) is 0 Å². The molecule has 0 bridgehead atoms. The molecular formula is C10H21NO2. The van der Waals surface area contributed by atoms with Crippen molar-refractivity contribution in [2.24, 2.45) is 5.73 Å². The number of nitrogens with two attached hydrogens (primary N) is 1. The lowest BCUT2D eigenvalue weighted by atomic mass is 9.78. The van der Waals surface area contributed by atoms with E-state index in [4.69, 9.17) is 10.5 Å². The van der Waals surface area contributed by atoms with Gasteiger partial charge in [0.05, 0.1) is 6.61 Å². The van der Waals surface area contributed by atoms with E-state index in [1.165, 1.54) is 0 Å². The number of rotatable bonds is 4. The van der Waals surface area contributed by atoms with Crippen LogP contribution in [0.4, 0.5) is 0 Å². The molecule has 13 heavy (non-hydrogen) atoms. The quantitative estimate of drug-likeness (QED) is 0.691. The van der Waals surface area contributed by atoms with Crippen LogP contribution in [0, 0.1) is 0 Å². The van der Waals surface area contributed by atoms with Gasteiger partial charge < -0.3 is 15.6 Å². The van der Waals surface area contributed by atoms with Crippen molar-refractivity contribution in [3.8, 4) is 0 Å². The maximum Gasteiger partial charge on any atom is 0.108 e. The predicted octanol–water partition coefficient (Wildman–Crippen LogP) is 1.05. The van der Waals surface area contributed by atoms with Gasteiger partial charge in [0.15, 0.2) is 0 Å². The monoisotopic (exact) mass is 187 g/mol. The van der Waals surface area contributed by atoms with Crippen LogP contribution in [0.1, 0.15) is 39.5 Å². The first-order chi connectivity index (χ1) is 6.02. The molecule has 0 aromatic heterocycles. The van der Waals surface area contributed by atoms with Crippen molar-refractivity contribution in [3.63, 3.8) is 0 Å². The van der Waals surface area contributed by atoms with Gasteiger partial charge in [0.2, 0.25) is 0 Å². The van der Waals surface area contributed by atoms with E-state index in [2.05, 4.69) is 6.92 Å². The predicted molar refractivity (Wildman–Crippen MR) is 52.5 cm³/mol. The smallest absolute Gasteiger partial charge is 0.108 e. The Kier molecular flexibility index (Phi) is 3.33. The second-order valence-electron chi connectivity index (χ2n) is 4.36. The molecule has 3 nitrogen and oxygen atoms in total.